The van der Waals surface area contributed by atoms with Gasteiger partial charge in [0.15, 0.2) is 5.16 Å². The average molecular weight is 1020 g/mol. The first-order valence-corrected chi connectivity index (χ1v) is 26.1. The topological polar surface area (TPSA) is 292 Å². The number of hydrogen-bond acceptors (Lipinski definition) is 23. The highest BCUT2D eigenvalue weighted by molar-refractivity contribution is 7.99. The Labute approximate surface area is 403 Å². The molecule has 0 saturated carbocycles. The van der Waals surface area contributed by atoms with Crippen LogP contribution >= 0.6 is 34.4 Å². The number of hydrogen-bond donors (Lipinski definition) is 5. The molecule has 27 heteroatoms. The molecule has 22 nitrogen and oxygen atoms in total. The molecule has 0 saturated heterocycles. The Balaban J connectivity index is 1.26. The number of benzene rings is 4. The van der Waals surface area contributed by atoms with E-state index in [4.69, 9.17) is 14.5 Å². The third kappa shape index (κ3) is 11.5. The Hall–Kier alpha value is -6.20. The van der Waals surface area contributed by atoms with Gasteiger partial charge in [0, 0.05) is 55.4 Å². The number of thiazole rings is 2. The lowest BCUT2D eigenvalue weighted by molar-refractivity contribution is 0.322. The number of azo groups is 2. The monoisotopic (exact) mass is 1020 g/mol. The molecule has 4 aromatic carbocycles. The normalized spacial score (nSPS) is 12.1. The maximum atomic E-state index is 12.0. The van der Waals surface area contributed by atoms with Gasteiger partial charge >= 0.3 is 0 Å². The molecule has 0 bridgehead atoms. The van der Waals surface area contributed by atoms with Crippen molar-refractivity contribution in [2.45, 2.75) is 42.6 Å². The van der Waals surface area contributed by atoms with Gasteiger partial charge in [0.1, 0.15) is 32.7 Å². The fraction of sp³-hybridized carbons (Fsp3) is 0.293. The van der Waals surface area contributed by atoms with Crippen molar-refractivity contribution in [2.75, 3.05) is 73.2 Å². The van der Waals surface area contributed by atoms with Crippen molar-refractivity contribution in [3.8, 4) is 11.5 Å². The van der Waals surface area contributed by atoms with E-state index in [0.29, 0.717) is 58.3 Å². The van der Waals surface area contributed by atoms with Crippen LogP contribution < -0.4 is 29.9 Å². The predicted molar refractivity (Wildman–Crippen MR) is 265 cm³/mol. The Bertz CT molecular complexity index is 3040. The summed E-state index contributed by atoms with van der Waals surface area (Å²) in [6, 6.07) is 16.5. The molecule has 0 aliphatic carbocycles. The molecule has 0 fully saturated rings. The summed E-state index contributed by atoms with van der Waals surface area (Å²) in [7, 11) is -6.60. The number of nitrogens with zero attached hydrogens (tertiary/aromatic N) is 11. The van der Waals surface area contributed by atoms with Crippen molar-refractivity contribution < 1.29 is 40.5 Å². The number of thioether (sulfide) groups is 1. The average Bonchev–Trinajstić information content (AvgIpc) is 3.92. The summed E-state index contributed by atoms with van der Waals surface area (Å²) in [4.78, 5) is 26.4. The molecule has 7 aromatic rings. The lowest BCUT2D eigenvalue weighted by atomic mass is 10.2. The molecule has 0 aliphatic heterocycles. The van der Waals surface area contributed by atoms with E-state index in [1.807, 2.05) is 52.0 Å². The van der Waals surface area contributed by atoms with Gasteiger partial charge in [0.05, 0.1) is 52.6 Å². The number of aliphatic hydroxyl groups is 1. The standard InChI is InChI=1S/C41H45N13O9S5/c1-7-53(8-2)23-11-13-25(49-51-40-44-29-19-35(67(56,57)58)31(62-5)21-33(29)65-40)27(17-23)42-37-46-38(48-39(47-37)64-16-15-55)43-28-18-24(54(9-3)10-4)12-14-26(28)50-52-41-45-30-20-36(68(59,60)61)32(63-6)22-34(30)66-41/h11-14,17-22,55H,7-10,15-16H2,1-6H3,(H,56,57,58)(H,59,60,61)(H2,42,43,46,47,48). The van der Waals surface area contributed by atoms with Gasteiger partial charge in [-0.3, -0.25) is 9.11 Å². The fourth-order valence-corrected chi connectivity index (χ4v) is 10.2. The first-order valence-electron chi connectivity index (χ1n) is 20.6. The SMILES string of the molecule is CCN(CC)c1ccc(N=Nc2nc3cc(S(=O)(=O)O)c(OC)cc3s2)c(Nc2nc(Nc3cc(N(CC)CC)ccc3N=Nc3nc4cc(S(=O)(=O)O)c(OC)cc4s3)nc(SCCO)n2)c1. The van der Waals surface area contributed by atoms with E-state index < -0.39 is 30.0 Å². The summed E-state index contributed by atoms with van der Waals surface area (Å²) >= 11 is 3.49. The summed E-state index contributed by atoms with van der Waals surface area (Å²) < 4.78 is 79.1. The molecule has 358 valence electrons. The highest BCUT2D eigenvalue weighted by Gasteiger charge is 2.22. The van der Waals surface area contributed by atoms with E-state index in [2.05, 4.69) is 60.8 Å². The summed E-state index contributed by atoms with van der Waals surface area (Å²) in [5.74, 6) is 0.447. The quantitative estimate of drug-likeness (QED) is 0.0254. The molecule has 0 amide bonds. The first-order chi connectivity index (χ1) is 32.6. The highest BCUT2D eigenvalue weighted by Crippen LogP contribution is 2.40. The number of anilines is 6. The zero-order valence-corrected chi connectivity index (χ0v) is 41.4. The summed E-state index contributed by atoms with van der Waals surface area (Å²) in [6.45, 7) is 10.9. The predicted octanol–water partition coefficient (Wildman–Crippen LogP) is 9.70. The Kier molecular flexibility index (Phi) is 15.6. The van der Waals surface area contributed by atoms with Crippen molar-refractivity contribution >= 4 is 131 Å². The van der Waals surface area contributed by atoms with Crippen molar-refractivity contribution in [1.29, 1.82) is 0 Å². The van der Waals surface area contributed by atoms with Crippen molar-refractivity contribution in [3.05, 3.63) is 60.7 Å². The lowest BCUT2D eigenvalue weighted by Crippen LogP contribution is -2.21. The van der Waals surface area contributed by atoms with Crippen molar-refractivity contribution in [2.24, 2.45) is 20.5 Å². The Morgan fingerprint density at radius 1 is 0.618 bits per heavy atom. The number of rotatable bonds is 21. The number of methoxy groups -OCH3 is 2. The zero-order chi connectivity index (χ0) is 48.8. The minimum absolute atomic E-state index is 0.0437. The Morgan fingerprint density at radius 2 is 1.04 bits per heavy atom. The largest absolute Gasteiger partial charge is 0.495 e. The second-order valence-electron chi connectivity index (χ2n) is 14.1. The molecule has 68 heavy (non-hydrogen) atoms. The molecule has 0 aliphatic rings. The molecule has 0 spiro atoms. The molecule has 7 rings (SSSR count). The van der Waals surface area contributed by atoms with Gasteiger partial charge in [-0.15, -0.1) is 20.5 Å². The van der Waals surface area contributed by atoms with E-state index >= 15 is 0 Å². The van der Waals surface area contributed by atoms with Crippen molar-refractivity contribution in [1.82, 2.24) is 24.9 Å². The molecule has 0 unspecified atom stereocenters. The third-order valence-corrected chi connectivity index (χ3v) is 14.4. The van der Waals surface area contributed by atoms with Gasteiger partial charge in [-0.1, -0.05) is 34.4 Å². The molecular weight excluding hydrogens is 979 g/mol. The van der Waals surface area contributed by atoms with Crippen LogP contribution in [0.4, 0.5) is 56.3 Å². The van der Waals surface area contributed by atoms with Crippen LogP contribution in [0.15, 0.2) is 96.1 Å². The summed E-state index contributed by atoms with van der Waals surface area (Å²) in [5, 5.41) is 34.9. The van der Waals surface area contributed by atoms with E-state index in [1.165, 1.54) is 50.2 Å². The number of nitrogens with one attached hydrogen (secondary N) is 2. The van der Waals surface area contributed by atoms with Crippen LogP contribution in [0.3, 0.4) is 0 Å². The molecule has 0 atom stereocenters. The van der Waals surface area contributed by atoms with Gasteiger partial charge in [0.2, 0.25) is 22.2 Å². The van der Waals surface area contributed by atoms with Crippen LogP contribution in [0.25, 0.3) is 20.4 Å². The third-order valence-electron chi connectivity index (χ3n) is 10.0. The zero-order valence-electron chi connectivity index (χ0n) is 37.3. The molecule has 3 heterocycles. The minimum Gasteiger partial charge on any atom is -0.495 e. The second-order valence-corrected chi connectivity index (χ2v) is 20.0. The molecule has 3 aromatic heterocycles. The van der Waals surface area contributed by atoms with Crippen LogP contribution in [0.1, 0.15) is 27.7 Å². The summed E-state index contributed by atoms with van der Waals surface area (Å²) in [6.07, 6.45) is 0. The van der Waals surface area contributed by atoms with Crippen LogP contribution in [-0.4, -0.2) is 109 Å². The van der Waals surface area contributed by atoms with Gasteiger partial charge in [-0.2, -0.15) is 31.8 Å². The van der Waals surface area contributed by atoms with Crippen LogP contribution in [-0.2, 0) is 20.2 Å². The van der Waals surface area contributed by atoms with Crippen molar-refractivity contribution in [3.63, 3.8) is 0 Å². The van der Waals surface area contributed by atoms with E-state index in [-0.39, 0.29) is 62.2 Å². The molecular formula is C41H45N13O9S5. The van der Waals surface area contributed by atoms with Crippen LogP contribution in [0.2, 0.25) is 0 Å². The smallest absolute Gasteiger partial charge is 0.298 e. The van der Waals surface area contributed by atoms with Gasteiger partial charge in [0.25, 0.3) is 20.2 Å². The minimum atomic E-state index is -4.60. The second kappa shape index (κ2) is 21.4. The highest BCUT2D eigenvalue weighted by atomic mass is 32.2. The summed E-state index contributed by atoms with van der Waals surface area (Å²) in [5.41, 5.74) is 4.00. The fourth-order valence-electron chi connectivity index (χ4n) is 6.75. The van der Waals surface area contributed by atoms with E-state index in [1.54, 1.807) is 12.1 Å². The Morgan fingerprint density at radius 3 is 1.41 bits per heavy atom. The number of fused-ring (bicyclic) bond motifs is 2. The van der Waals surface area contributed by atoms with E-state index in [0.717, 1.165) is 34.0 Å². The molecule has 0 radical (unpaired) electrons. The van der Waals surface area contributed by atoms with Gasteiger partial charge in [-0.25, -0.2) is 9.97 Å². The maximum absolute atomic E-state index is 12.0. The number of ether oxygens (including phenoxy) is 2. The van der Waals surface area contributed by atoms with Crippen LogP contribution in [0, 0.1) is 0 Å². The van der Waals surface area contributed by atoms with Gasteiger partial charge in [-0.05, 0) is 76.2 Å². The van der Waals surface area contributed by atoms with Gasteiger partial charge < -0.3 is 35.0 Å². The van der Waals surface area contributed by atoms with Crippen LogP contribution in [0.5, 0.6) is 11.5 Å². The first kappa shape index (κ1) is 49.7. The number of aliphatic hydroxyl groups excluding tert-OH is 1. The molecule has 5 N–H and O–H groups in total. The maximum Gasteiger partial charge on any atom is 0.298 e. The van der Waals surface area contributed by atoms with E-state index in [9.17, 15) is 31.0 Å². The number of aromatic nitrogens is 5. The lowest BCUT2D eigenvalue weighted by Gasteiger charge is -2.22.